The molecular formula is C44H72N2O2S2Sn2. The molecule has 0 radical (unpaired) electrons. The normalized spacial score (nSPS) is 15.3. The molecule has 0 aromatic carbocycles. The number of unbranched alkanes of at least 4 members (excludes halogenated alkanes) is 18. The van der Waals surface area contributed by atoms with Gasteiger partial charge < -0.3 is 0 Å². The molecule has 0 saturated carbocycles. The molecule has 0 unspecified atom stereocenters. The Morgan fingerprint density at radius 3 is 1.00 bits per heavy atom. The van der Waals surface area contributed by atoms with Crippen molar-refractivity contribution in [3.8, 4) is 0 Å². The summed E-state index contributed by atoms with van der Waals surface area (Å²) in [5, 5.41) is 0. The molecule has 2 amide bonds. The summed E-state index contributed by atoms with van der Waals surface area (Å²) >= 11 is -0.995. The van der Waals surface area contributed by atoms with Crippen LogP contribution in [0.15, 0.2) is 35.4 Å². The van der Waals surface area contributed by atoms with E-state index in [9.17, 15) is 9.59 Å². The third-order valence-corrected chi connectivity index (χ3v) is 32.0. The Kier molecular flexibility index (Phi) is 18.4. The Bertz CT molecular complexity index is 1390. The molecule has 0 saturated heterocycles. The van der Waals surface area contributed by atoms with E-state index in [2.05, 4.69) is 67.8 Å². The molecule has 4 heterocycles. The number of nitrogens with zero attached hydrogens (tertiary/aromatic N) is 2. The van der Waals surface area contributed by atoms with Crippen molar-refractivity contribution in [2.24, 2.45) is 0 Å². The van der Waals surface area contributed by atoms with Crippen LogP contribution < -0.4 is 5.79 Å². The summed E-state index contributed by atoms with van der Waals surface area (Å²) in [6, 6.07) is 9.06. The van der Waals surface area contributed by atoms with Gasteiger partial charge in [0.1, 0.15) is 0 Å². The third-order valence-electron chi connectivity index (χ3n) is 10.8. The van der Waals surface area contributed by atoms with E-state index in [0.717, 1.165) is 46.8 Å². The van der Waals surface area contributed by atoms with Crippen LogP contribution in [-0.2, 0) is 9.59 Å². The minimum absolute atomic E-state index is 0.0540. The summed E-state index contributed by atoms with van der Waals surface area (Å²) in [5.74, 6) is 0.108. The Morgan fingerprint density at radius 2 is 0.731 bits per heavy atom. The third kappa shape index (κ3) is 12.2. The van der Waals surface area contributed by atoms with Crippen LogP contribution in [-0.4, -0.2) is 71.5 Å². The number of fused-ring (bicyclic) bond motifs is 1. The van der Waals surface area contributed by atoms with Crippen molar-refractivity contribution in [1.82, 2.24) is 9.80 Å². The first kappa shape index (κ1) is 44.1. The van der Waals surface area contributed by atoms with Crippen LogP contribution >= 0.6 is 22.7 Å². The Balaban J connectivity index is 1.57. The molecule has 2 aliphatic heterocycles. The van der Waals surface area contributed by atoms with Crippen molar-refractivity contribution in [2.45, 2.75) is 172 Å². The first-order chi connectivity index (χ1) is 24.9. The standard InChI is InChI=1S/C38H54N2O2S2.6CH3.2Sn/c1-3-5-7-9-11-13-15-17-19-21-27-39-35(31-25-23-29-43-31)33-34(37(39)41)36(32-26-24-30-44-32)40(38(33)42)28-22-20-18-16-14-12-10-8-6-4-2;;;;;;;;/h23-26H,3-22,27-28H2,1-2H3;6*1H3;;. The van der Waals surface area contributed by atoms with Gasteiger partial charge in [0.05, 0.1) is 0 Å². The maximum atomic E-state index is 14.8. The number of carbonyl (C=O) groups excluding carboxylic acids is 2. The van der Waals surface area contributed by atoms with Crippen molar-refractivity contribution >= 4 is 88.4 Å². The number of carbonyl (C=O) groups is 2. The van der Waals surface area contributed by atoms with Crippen molar-refractivity contribution in [1.29, 1.82) is 0 Å². The zero-order valence-electron chi connectivity index (χ0n) is 34.4. The summed E-state index contributed by atoms with van der Waals surface area (Å²) in [6.45, 7) is 5.94. The molecule has 2 aliphatic rings. The van der Waals surface area contributed by atoms with Crippen molar-refractivity contribution in [2.75, 3.05) is 13.1 Å². The molecule has 290 valence electrons. The average Bonchev–Trinajstić information content (AvgIpc) is 3.88. The zero-order chi connectivity index (χ0) is 37.7. The number of thiophene rings is 2. The zero-order valence-corrected chi connectivity index (χ0v) is 41.7. The SMILES string of the molecule is CCCCCCCCCCCCN1C(=O)C2=C(c3cc[c]([Sn]([CH3])([CH3])[CH3])s3)N(CCCCCCCCCCCC)C(=O)C2=C1c1cc[c]([Sn]([CH3])([CH3])[CH3])s1. The van der Waals surface area contributed by atoms with Gasteiger partial charge in [-0.15, -0.1) is 0 Å². The van der Waals surface area contributed by atoms with Gasteiger partial charge in [0.15, 0.2) is 0 Å². The summed E-state index contributed by atoms with van der Waals surface area (Å²) in [7, 11) is 0. The molecule has 0 atom stereocenters. The minimum atomic E-state index is -2.35. The molecule has 0 fully saturated rings. The van der Waals surface area contributed by atoms with Crippen molar-refractivity contribution < 1.29 is 9.59 Å². The summed E-state index contributed by atoms with van der Waals surface area (Å²) < 4.78 is 2.99. The van der Waals surface area contributed by atoms with Crippen LogP contribution in [0.3, 0.4) is 0 Å². The van der Waals surface area contributed by atoms with Gasteiger partial charge in [-0.05, 0) is 0 Å². The van der Waals surface area contributed by atoms with Crippen LogP contribution in [0.2, 0.25) is 29.6 Å². The second-order valence-corrected chi connectivity index (χ2v) is 50.6. The van der Waals surface area contributed by atoms with E-state index in [1.165, 1.54) is 109 Å². The van der Waals surface area contributed by atoms with Crippen molar-refractivity contribution in [3.05, 3.63) is 45.2 Å². The van der Waals surface area contributed by atoms with E-state index in [0.29, 0.717) is 24.2 Å². The summed E-state index contributed by atoms with van der Waals surface area (Å²) in [5.41, 5.74) is 3.18. The molecule has 2 aromatic heterocycles. The summed E-state index contributed by atoms with van der Waals surface area (Å²) in [4.78, 5) is 50.5. The Morgan fingerprint density at radius 1 is 0.442 bits per heavy atom. The Hall–Kier alpha value is -0.583. The molecule has 52 heavy (non-hydrogen) atoms. The average molecular weight is 963 g/mol. The molecule has 4 rings (SSSR count). The van der Waals surface area contributed by atoms with Gasteiger partial charge >= 0.3 is 273 Å². The van der Waals surface area contributed by atoms with E-state index in [4.69, 9.17) is 0 Å². The van der Waals surface area contributed by atoms with E-state index in [-0.39, 0.29) is 11.8 Å². The molecular weight excluding hydrogens is 890 g/mol. The molecule has 0 aliphatic carbocycles. The predicted octanol–water partition coefficient (Wildman–Crippen LogP) is 12.5. The van der Waals surface area contributed by atoms with Gasteiger partial charge in [0.25, 0.3) is 0 Å². The maximum absolute atomic E-state index is 14.8. The summed E-state index contributed by atoms with van der Waals surface area (Å²) in [6.07, 6.45) is 25.3. The number of hydrogen-bond donors (Lipinski definition) is 0. The van der Waals surface area contributed by atoms with Crippen LogP contribution in [0.5, 0.6) is 0 Å². The second kappa shape index (κ2) is 21.6. The van der Waals surface area contributed by atoms with Gasteiger partial charge in [0.2, 0.25) is 0 Å². The van der Waals surface area contributed by atoms with E-state index in [1.807, 2.05) is 32.5 Å². The number of amides is 2. The van der Waals surface area contributed by atoms with Gasteiger partial charge in [-0.3, -0.25) is 0 Å². The van der Waals surface area contributed by atoms with Crippen LogP contribution in [0.4, 0.5) is 0 Å². The van der Waals surface area contributed by atoms with E-state index < -0.39 is 36.8 Å². The van der Waals surface area contributed by atoms with Gasteiger partial charge in [-0.25, -0.2) is 0 Å². The molecule has 0 bridgehead atoms. The van der Waals surface area contributed by atoms with E-state index in [1.54, 1.807) is 0 Å². The number of hydrogen-bond acceptors (Lipinski definition) is 4. The topological polar surface area (TPSA) is 40.6 Å². The van der Waals surface area contributed by atoms with Crippen LogP contribution in [0.25, 0.3) is 11.4 Å². The van der Waals surface area contributed by atoms with Gasteiger partial charge in [-0.1, -0.05) is 65.2 Å². The van der Waals surface area contributed by atoms with Crippen molar-refractivity contribution in [3.63, 3.8) is 0 Å². The number of rotatable bonds is 26. The fourth-order valence-corrected chi connectivity index (χ4v) is 20.3. The van der Waals surface area contributed by atoms with Crippen LogP contribution in [0.1, 0.15) is 152 Å². The van der Waals surface area contributed by atoms with Crippen LogP contribution in [0, 0.1) is 0 Å². The molecule has 4 nitrogen and oxygen atoms in total. The molecule has 8 heteroatoms. The monoisotopic (exact) mass is 964 g/mol. The predicted molar refractivity (Wildman–Crippen MR) is 236 cm³/mol. The first-order valence-electron chi connectivity index (χ1n) is 21.2. The van der Waals surface area contributed by atoms with Gasteiger partial charge in [-0.2, -0.15) is 0 Å². The fourth-order valence-electron chi connectivity index (χ4n) is 7.59. The quantitative estimate of drug-likeness (QED) is 0.0696. The molecule has 0 N–H and O–H groups in total. The first-order valence-corrected chi connectivity index (χ1v) is 42.8. The second-order valence-electron chi connectivity index (χ2n) is 17.6. The van der Waals surface area contributed by atoms with Gasteiger partial charge in [0, 0.05) is 0 Å². The Labute approximate surface area is 335 Å². The molecule has 2 aromatic rings. The molecule has 0 spiro atoms. The van der Waals surface area contributed by atoms with E-state index >= 15 is 0 Å². The fraction of sp³-hybridized carbons (Fsp3) is 0.682.